The number of anilines is 1. The van der Waals surface area contributed by atoms with Crippen molar-refractivity contribution in [3.63, 3.8) is 0 Å². The van der Waals surface area contributed by atoms with Crippen molar-refractivity contribution in [1.29, 1.82) is 0 Å². The maximum Gasteiger partial charge on any atom is 0.269 e. The summed E-state index contributed by atoms with van der Waals surface area (Å²) >= 11 is 7.46. The van der Waals surface area contributed by atoms with Crippen LogP contribution in [0.3, 0.4) is 0 Å². The van der Waals surface area contributed by atoms with Crippen LogP contribution in [0.2, 0.25) is 5.02 Å². The lowest BCUT2D eigenvalue weighted by Crippen LogP contribution is -2.02. The van der Waals surface area contributed by atoms with Gasteiger partial charge in [0, 0.05) is 28.5 Å². The number of nitro benzene ring substituents is 1. The van der Waals surface area contributed by atoms with Gasteiger partial charge in [-0.25, -0.2) is 0 Å². The van der Waals surface area contributed by atoms with Crippen LogP contribution in [-0.4, -0.2) is 10.0 Å². The van der Waals surface area contributed by atoms with Crippen LogP contribution in [0, 0.1) is 17.0 Å². The van der Waals surface area contributed by atoms with Crippen molar-refractivity contribution in [2.75, 3.05) is 5.32 Å². The molecule has 3 aromatic rings. The quantitative estimate of drug-likeness (QED) is 0.300. The monoisotopic (exact) mass is 400 g/mol. The minimum Gasteiger partial charge on any atom is -0.504 e. The van der Waals surface area contributed by atoms with Crippen LogP contribution < -0.4 is 5.32 Å². The minimum absolute atomic E-state index is 0.0235. The molecule has 5 nitrogen and oxygen atoms in total. The molecule has 0 heterocycles. The largest absolute Gasteiger partial charge is 0.504 e. The van der Waals surface area contributed by atoms with Crippen LogP contribution in [-0.2, 0) is 6.54 Å². The number of aromatic hydroxyl groups is 1. The number of phenols is 1. The zero-order valence-corrected chi connectivity index (χ0v) is 16.1. The molecule has 0 radical (unpaired) electrons. The van der Waals surface area contributed by atoms with Gasteiger partial charge in [-0.3, -0.25) is 10.1 Å². The lowest BCUT2D eigenvalue weighted by molar-refractivity contribution is -0.385. The van der Waals surface area contributed by atoms with E-state index in [0.29, 0.717) is 12.2 Å². The molecule has 0 saturated carbocycles. The van der Waals surface area contributed by atoms with Gasteiger partial charge in [0.15, 0.2) is 5.75 Å². The Bertz CT molecular complexity index is 977. The SMILES string of the molecule is Cc1ccc(Sc2ccc([N+](=O)[O-])cc2CNc2cccc(Cl)c2O)cc1. The molecular formula is C20H17ClN2O3S. The Kier molecular flexibility index (Phi) is 5.88. The molecule has 2 N–H and O–H groups in total. The number of hydrogen-bond donors (Lipinski definition) is 2. The lowest BCUT2D eigenvalue weighted by Gasteiger charge is -2.13. The van der Waals surface area contributed by atoms with Gasteiger partial charge in [0.1, 0.15) is 0 Å². The van der Waals surface area contributed by atoms with Crippen LogP contribution in [0.1, 0.15) is 11.1 Å². The van der Waals surface area contributed by atoms with Crippen molar-refractivity contribution in [3.05, 3.63) is 86.9 Å². The highest BCUT2D eigenvalue weighted by Crippen LogP contribution is 2.35. The van der Waals surface area contributed by atoms with Gasteiger partial charge in [-0.1, -0.05) is 47.1 Å². The minimum atomic E-state index is -0.416. The van der Waals surface area contributed by atoms with Gasteiger partial charge in [-0.05, 0) is 42.8 Å². The molecule has 0 saturated heterocycles. The van der Waals surface area contributed by atoms with Crippen LogP contribution in [0.25, 0.3) is 0 Å². The molecule has 0 unspecified atom stereocenters. The number of phenolic OH excluding ortho intramolecular Hbond substituents is 1. The fourth-order valence-corrected chi connectivity index (χ4v) is 3.60. The van der Waals surface area contributed by atoms with Crippen molar-refractivity contribution < 1.29 is 10.0 Å². The standard InChI is InChI=1S/C20H17ClN2O3S/c1-13-5-8-16(9-6-13)27-19-10-7-15(23(25)26)11-14(19)12-22-18-4-2-3-17(21)20(18)24/h2-11,22,24H,12H2,1H3. The molecule has 27 heavy (non-hydrogen) atoms. The number of nitro groups is 1. The smallest absolute Gasteiger partial charge is 0.269 e. The van der Waals surface area contributed by atoms with Crippen molar-refractivity contribution in [2.45, 2.75) is 23.3 Å². The number of nitrogens with zero attached hydrogens (tertiary/aromatic N) is 1. The van der Waals surface area contributed by atoms with Crippen molar-refractivity contribution in [1.82, 2.24) is 0 Å². The van der Waals surface area contributed by atoms with Crippen LogP contribution >= 0.6 is 23.4 Å². The third-order valence-corrected chi connectivity index (χ3v) is 5.39. The first-order valence-electron chi connectivity index (χ1n) is 8.17. The molecule has 138 valence electrons. The summed E-state index contributed by atoms with van der Waals surface area (Å²) in [7, 11) is 0. The Morgan fingerprint density at radius 1 is 1.15 bits per heavy atom. The summed E-state index contributed by atoms with van der Waals surface area (Å²) in [6.07, 6.45) is 0. The normalized spacial score (nSPS) is 10.6. The summed E-state index contributed by atoms with van der Waals surface area (Å²) < 4.78 is 0. The molecule has 3 rings (SSSR count). The van der Waals surface area contributed by atoms with E-state index in [0.717, 1.165) is 15.4 Å². The molecule has 0 aliphatic carbocycles. The van der Waals surface area contributed by atoms with E-state index in [1.807, 2.05) is 31.2 Å². The molecule has 0 atom stereocenters. The van der Waals surface area contributed by atoms with Crippen molar-refractivity contribution >= 4 is 34.7 Å². The topological polar surface area (TPSA) is 75.4 Å². The fraction of sp³-hybridized carbons (Fsp3) is 0.100. The molecule has 0 spiro atoms. The number of non-ortho nitro benzene ring substituents is 1. The summed E-state index contributed by atoms with van der Waals surface area (Å²) in [5.41, 5.74) is 2.42. The van der Waals surface area contributed by atoms with Crippen LogP contribution in [0.5, 0.6) is 5.75 Å². The molecule has 0 bridgehead atoms. The molecule has 0 aliphatic heterocycles. The third-order valence-electron chi connectivity index (χ3n) is 3.96. The van der Waals surface area contributed by atoms with Gasteiger partial charge in [-0.15, -0.1) is 0 Å². The predicted molar refractivity (Wildman–Crippen MR) is 109 cm³/mol. The second-order valence-electron chi connectivity index (χ2n) is 5.95. The third kappa shape index (κ3) is 4.72. The van der Waals surface area contributed by atoms with Gasteiger partial charge in [-0.2, -0.15) is 0 Å². The van der Waals surface area contributed by atoms with Crippen LogP contribution in [0.4, 0.5) is 11.4 Å². The lowest BCUT2D eigenvalue weighted by atomic mass is 10.2. The highest BCUT2D eigenvalue weighted by atomic mass is 35.5. The average Bonchev–Trinajstić information content (AvgIpc) is 2.65. The number of rotatable bonds is 6. The maximum atomic E-state index is 11.2. The number of nitrogens with one attached hydrogen (secondary N) is 1. The fourth-order valence-electron chi connectivity index (χ4n) is 2.50. The van der Waals surface area contributed by atoms with Gasteiger partial charge in [0.25, 0.3) is 5.69 Å². The predicted octanol–water partition coefficient (Wildman–Crippen LogP) is 6.03. The van der Waals surface area contributed by atoms with Crippen LogP contribution in [0.15, 0.2) is 70.5 Å². The van der Waals surface area contributed by atoms with Gasteiger partial charge < -0.3 is 10.4 Å². The Balaban J connectivity index is 1.88. The van der Waals surface area contributed by atoms with E-state index in [1.54, 1.807) is 30.3 Å². The van der Waals surface area contributed by atoms with E-state index in [2.05, 4.69) is 5.32 Å². The first-order valence-corrected chi connectivity index (χ1v) is 9.36. The number of hydrogen-bond acceptors (Lipinski definition) is 5. The average molecular weight is 401 g/mol. The van der Waals surface area contributed by atoms with E-state index < -0.39 is 4.92 Å². The molecular weight excluding hydrogens is 384 g/mol. The molecule has 0 aromatic heterocycles. The van der Waals surface area contributed by atoms with Crippen molar-refractivity contribution in [3.8, 4) is 5.75 Å². The molecule has 0 aliphatic rings. The number of aryl methyl sites for hydroxylation is 1. The van der Waals surface area contributed by atoms with E-state index in [4.69, 9.17) is 11.6 Å². The molecule has 0 amide bonds. The van der Waals surface area contributed by atoms with Gasteiger partial charge >= 0.3 is 0 Å². The molecule has 3 aromatic carbocycles. The maximum absolute atomic E-state index is 11.2. The van der Waals surface area contributed by atoms with E-state index in [9.17, 15) is 15.2 Å². The van der Waals surface area contributed by atoms with E-state index in [-0.39, 0.29) is 16.5 Å². The Morgan fingerprint density at radius 3 is 2.59 bits per heavy atom. The zero-order chi connectivity index (χ0) is 19.4. The Morgan fingerprint density at radius 2 is 1.89 bits per heavy atom. The van der Waals surface area contributed by atoms with Gasteiger partial charge in [0.2, 0.25) is 0 Å². The van der Waals surface area contributed by atoms with E-state index >= 15 is 0 Å². The number of halogens is 1. The first kappa shape index (κ1) is 19.1. The molecule has 0 fully saturated rings. The summed E-state index contributed by atoms with van der Waals surface area (Å²) in [5.74, 6) is -0.0441. The van der Waals surface area contributed by atoms with E-state index in [1.165, 1.54) is 23.4 Å². The Hall–Kier alpha value is -2.70. The van der Waals surface area contributed by atoms with Gasteiger partial charge in [0.05, 0.1) is 15.6 Å². The zero-order valence-electron chi connectivity index (χ0n) is 14.5. The first-order chi connectivity index (χ1) is 12.9. The number of para-hydroxylation sites is 1. The highest BCUT2D eigenvalue weighted by molar-refractivity contribution is 7.99. The van der Waals surface area contributed by atoms with Crippen molar-refractivity contribution in [2.24, 2.45) is 0 Å². The summed E-state index contributed by atoms with van der Waals surface area (Å²) in [6.45, 7) is 2.33. The summed E-state index contributed by atoms with van der Waals surface area (Å²) in [5, 5.41) is 24.5. The second-order valence-corrected chi connectivity index (χ2v) is 7.48. The Labute approximate surface area is 166 Å². The number of benzene rings is 3. The molecule has 7 heteroatoms. The summed E-state index contributed by atoms with van der Waals surface area (Å²) in [6, 6.07) is 17.9. The second kappa shape index (κ2) is 8.33. The highest BCUT2D eigenvalue weighted by Gasteiger charge is 2.13. The summed E-state index contributed by atoms with van der Waals surface area (Å²) in [4.78, 5) is 12.7.